The fraction of sp³-hybridized carbons (Fsp3) is 0.158. The molecule has 0 aliphatic heterocycles. The number of halogens is 2. The van der Waals surface area contributed by atoms with E-state index in [4.69, 9.17) is 27.9 Å². The van der Waals surface area contributed by atoms with Gasteiger partial charge in [-0.15, -0.1) is 10.2 Å². The number of amides is 1. The maximum absolute atomic E-state index is 12.4. The summed E-state index contributed by atoms with van der Waals surface area (Å²) in [6, 6.07) is 12.2. The second-order valence-electron chi connectivity index (χ2n) is 6.25. The molecule has 0 aliphatic carbocycles. The van der Waals surface area contributed by atoms with Crippen LogP contribution >= 0.6 is 34.5 Å². The predicted octanol–water partition coefficient (Wildman–Crippen LogP) is 4.87. The first-order valence-corrected chi connectivity index (χ1v) is 10.2. The quantitative estimate of drug-likeness (QED) is 0.471. The second-order valence-corrected chi connectivity index (χ2v) is 8.05. The van der Waals surface area contributed by atoms with Gasteiger partial charge in [0.15, 0.2) is 11.9 Å². The van der Waals surface area contributed by atoms with Gasteiger partial charge in [0.25, 0.3) is 5.91 Å². The Bertz CT molecular complexity index is 1190. The summed E-state index contributed by atoms with van der Waals surface area (Å²) >= 11 is 13.4. The largest absolute Gasteiger partial charge is 0.479 e. The molecule has 1 unspecified atom stereocenters. The van der Waals surface area contributed by atoms with E-state index in [1.807, 2.05) is 31.2 Å². The zero-order valence-electron chi connectivity index (χ0n) is 15.4. The number of nitrogens with zero attached hydrogens (tertiary/aromatic N) is 4. The number of hydrogen-bond acceptors (Lipinski definition) is 6. The number of rotatable bonds is 5. The first-order valence-electron chi connectivity index (χ1n) is 8.62. The van der Waals surface area contributed by atoms with Crippen molar-refractivity contribution in [2.75, 3.05) is 5.32 Å². The number of anilines is 1. The van der Waals surface area contributed by atoms with Crippen LogP contribution in [0, 0.1) is 6.92 Å². The number of fused-ring (bicyclic) bond motifs is 1. The second kappa shape index (κ2) is 7.98. The third-order valence-electron chi connectivity index (χ3n) is 4.11. The molecule has 2 heterocycles. The molecule has 148 valence electrons. The van der Waals surface area contributed by atoms with Crippen molar-refractivity contribution in [3.05, 3.63) is 58.3 Å². The summed E-state index contributed by atoms with van der Waals surface area (Å²) in [7, 11) is 0. The number of aromatic nitrogens is 4. The molecule has 1 N–H and O–H groups in total. The first-order chi connectivity index (χ1) is 13.9. The summed E-state index contributed by atoms with van der Waals surface area (Å²) in [5.74, 6) is 0.840. The minimum absolute atomic E-state index is 0.293. The van der Waals surface area contributed by atoms with Crippen LogP contribution in [-0.4, -0.2) is 31.8 Å². The molecular formula is C19H15Cl2N5O2S. The van der Waals surface area contributed by atoms with Gasteiger partial charge in [0, 0.05) is 16.3 Å². The normalized spacial score (nSPS) is 12.1. The summed E-state index contributed by atoms with van der Waals surface area (Å²) in [4.78, 5) is 13.2. The predicted molar refractivity (Wildman–Crippen MR) is 114 cm³/mol. The van der Waals surface area contributed by atoms with Crippen molar-refractivity contribution in [2.45, 2.75) is 20.0 Å². The maximum Gasteiger partial charge on any atom is 0.265 e. The minimum atomic E-state index is -0.740. The van der Waals surface area contributed by atoms with Gasteiger partial charge in [-0.25, -0.2) is 0 Å². The maximum atomic E-state index is 12.4. The monoisotopic (exact) mass is 447 g/mol. The number of hydrogen-bond donors (Lipinski definition) is 1. The molecule has 0 spiro atoms. The Labute approximate surface area is 180 Å². The van der Waals surface area contributed by atoms with Gasteiger partial charge in [0.1, 0.15) is 10.8 Å². The Hall–Kier alpha value is -2.68. The van der Waals surface area contributed by atoms with Gasteiger partial charge in [-0.05, 0) is 56.3 Å². The Morgan fingerprint density at radius 1 is 1.17 bits per heavy atom. The average molecular weight is 448 g/mol. The van der Waals surface area contributed by atoms with Crippen LogP contribution in [0.15, 0.2) is 42.5 Å². The van der Waals surface area contributed by atoms with Crippen molar-refractivity contribution in [3.8, 4) is 16.3 Å². The standard InChI is InChI=1S/C19H15Cl2N5O2S/c1-10(28-16-8-5-13(20)9-15(16)21)17(27)22-14-6-3-12(4-7-14)18-25-26-11(2)23-24-19(26)29-18/h3-10H,1-2H3,(H,22,27). The third-order valence-corrected chi connectivity index (χ3v) is 5.59. The number of aryl methyl sites for hydroxylation is 1. The molecule has 0 aliphatic rings. The van der Waals surface area contributed by atoms with Crippen LogP contribution in [0.1, 0.15) is 12.7 Å². The number of carbonyl (C=O) groups is 1. The summed E-state index contributed by atoms with van der Waals surface area (Å²) in [6.07, 6.45) is -0.740. The van der Waals surface area contributed by atoms with E-state index >= 15 is 0 Å². The van der Waals surface area contributed by atoms with Gasteiger partial charge in [-0.2, -0.15) is 9.61 Å². The molecule has 2 aromatic heterocycles. The lowest BCUT2D eigenvalue weighted by Gasteiger charge is -2.16. The molecule has 1 atom stereocenters. The van der Waals surface area contributed by atoms with E-state index in [0.717, 1.165) is 21.4 Å². The summed E-state index contributed by atoms with van der Waals surface area (Å²) < 4.78 is 7.34. The van der Waals surface area contributed by atoms with E-state index in [9.17, 15) is 4.79 Å². The number of ether oxygens (including phenoxy) is 1. The summed E-state index contributed by atoms with van der Waals surface area (Å²) in [6.45, 7) is 3.50. The molecule has 0 fully saturated rings. The lowest BCUT2D eigenvalue weighted by molar-refractivity contribution is -0.122. The van der Waals surface area contributed by atoms with Gasteiger partial charge in [-0.1, -0.05) is 34.5 Å². The van der Waals surface area contributed by atoms with Crippen molar-refractivity contribution in [3.63, 3.8) is 0 Å². The highest BCUT2D eigenvalue weighted by Gasteiger charge is 2.17. The number of nitrogens with one attached hydrogen (secondary N) is 1. The minimum Gasteiger partial charge on any atom is -0.479 e. The van der Waals surface area contributed by atoms with E-state index in [-0.39, 0.29) is 5.91 Å². The van der Waals surface area contributed by atoms with Crippen LogP contribution < -0.4 is 10.1 Å². The Morgan fingerprint density at radius 2 is 1.93 bits per heavy atom. The summed E-state index contributed by atoms with van der Waals surface area (Å²) in [5.41, 5.74) is 1.57. The van der Waals surface area contributed by atoms with E-state index in [1.165, 1.54) is 11.3 Å². The van der Waals surface area contributed by atoms with Crippen LogP contribution in [0.3, 0.4) is 0 Å². The molecular weight excluding hydrogens is 433 g/mol. The zero-order valence-corrected chi connectivity index (χ0v) is 17.7. The Balaban J connectivity index is 1.43. The highest BCUT2D eigenvalue weighted by Crippen LogP contribution is 2.29. The van der Waals surface area contributed by atoms with Crippen molar-refractivity contribution in [2.24, 2.45) is 0 Å². The number of carbonyl (C=O) groups excluding carboxylic acids is 1. The van der Waals surface area contributed by atoms with Gasteiger partial charge < -0.3 is 10.1 Å². The smallest absolute Gasteiger partial charge is 0.265 e. The lowest BCUT2D eigenvalue weighted by atomic mass is 10.2. The summed E-state index contributed by atoms with van der Waals surface area (Å²) in [5, 5.41) is 17.0. The highest BCUT2D eigenvalue weighted by atomic mass is 35.5. The van der Waals surface area contributed by atoms with Crippen LogP contribution in [0.4, 0.5) is 5.69 Å². The van der Waals surface area contributed by atoms with Gasteiger partial charge in [0.2, 0.25) is 4.96 Å². The molecule has 29 heavy (non-hydrogen) atoms. The van der Waals surface area contributed by atoms with Crippen molar-refractivity contribution >= 4 is 51.1 Å². The molecule has 0 saturated heterocycles. The topological polar surface area (TPSA) is 81.4 Å². The number of benzene rings is 2. The van der Waals surface area contributed by atoms with Crippen LogP contribution in [0.5, 0.6) is 5.75 Å². The van der Waals surface area contributed by atoms with Gasteiger partial charge in [-0.3, -0.25) is 4.79 Å². The Kier molecular flexibility index (Phi) is 5.40. The molecule has 4 rings (SSSR count). The molecule has 7 nitrogen and oxygen atoms in total. The van der Waals surface area contributed by atoms with E-state index in [0.29, 0.717) is 21.5 Å². The zero-order chi connectivity index (χ0) is 20.5. The van der Waals surface area contributed by atoms with Crippen LogP contribution in [0.25, 0.3) is 15.5 Å². The van der Waals surface area contributed by atoms with Crippen molar-refractivity contribution in [1.29, 1.82) is 0 Å². The van der Waals surface area contributed by atoms with E-state index < -0.39 is 6.10 Å². The fourth-order valence-electron chi connectivity index (χ4n) is 2.59. The molecule has 0 bridgehead atoms. The molecule has 2 aromatic carbocycles. The molecule has 4 aromatic rings. The molecule has 0 saturated carbocycles. The van der Waals surface area contributed by atoms with Crippen LogP contribution in [-0.2, 0) is 4.79 Å². The SMILES string of the molecule is Cc1nnc2sc(-c3ccc(NC(=O)C(C)Oc4ccc(Cl)cc4Cl)cc3)nn12. The average Bonchev–Trinajstić information content (AvgIpc) is 3.27. The van der Waals surface area contributed by atoms with Gasteiger partial charge >= 0.3 is 0 Å². The Morgan fingerprint density at radius 3 is 2.62 bits per heavy atom. The highest BCUT2D eigenvalue weighted by molar-refractivity contribution is 7.19. The van der Waals surface area contributed by atoms with Crippen molar-refractivity contribution in [1.82, 2.24) is 19.8 Å². The first kappa shape index (κ1) is 19.6. The third kappa shape index (κ3) is 4.19. The van der Waals surface area contributed by atoms with E-state index in [1.54, 1.807) is 29.6 Å². The van der Waals surface area contributed by atoms with Gasteiger partial charge in [0.05, 0.1) is 5.02 Å². The van der Waals surface area contributed by atoms with E-state index in [2.05, 4.69) is 20.6 Å². The fourth-order valence-corrected chi connectivity index (χ4v) is 3.93. The lowest BCUT2D eigenvalue weighted by Crippen LogP contribution is -2.30. The van der Waals surface area contributed by atoms with Crippen LogP contribution in [0.2, 0.25) is 10.0 Å². The van der Waals surface area contributed by atoms with Crippen molar-refractivity contribution < 1.29 is 9.53 Å². The molecule has 0 radical (unpaired) electrons. The molecule has 1 amide bonds. The molecule has 10 heteroatoms.